The average Bonchev–Trinajstić information content (AvgIpc) is 2.78. The van der Waals surface area contributed by atoms with Crippen molar-refractivity contribution in [2.45, 2.75) is 18.9 Å². The zero-order chi connectivity index (χ0) is 12.6. The van der Waals surface area contributed by atoms with Gasteiger partial charge in [0, 0.05) is 38.6 Å². The first-order valence-electron chi connectivity index (χ1n) is 6.80. The van der Waals surface area contributed by atoms with E-state index in [9.17, 15) is 4.79 Å². The maximum Gasteiger partial charge on any atom is 0.317 e. The van der Waals surface area contributed by atoms with Crippen LogP contribution in [0.25, 0.3) is 0 Å². The van der Waals surface area contributed by atoms with Crippen LogP contribution in [0.2, 0.25) is 0 Å². The first-order chi connectivity index (χ1) is 8.75. The maximum atomic E-state index is 11.6. The van der Waals surface area contributed by atoms with Crippen LogP contribution in [-0.2, 0) is 0 Å². The van der Waals surface area contributed by atoms with Crippen LogP contribution in [-0.4, -0.2) is 43.7 Å². The van der Waals surface area contributed by atoms with Gasteiger partial charge in [0.2, 0.25) is 0 Å². The van der Waals surface area contributed by atoms with Gasteiger partial charge in [0.05, 0.1) is 0 Å². The third-order valence-corrected chi connectivity index (χ3v) is 4.79. The lowest BCUT2D eigenvalue weighted by atomic mass is 9.68. The number of allylic oxidation sites excluding steroid dienone is 2. The van der Waals surface area contributed by atoms with Gasteiger partial charge in [0.1, 0.15) is 0 Å². The van der Waals surface area contributed by atoms with E-state index in [1.165, 1.54) is 0 Å². The summed E-state index contributed by atoms with van der Waals surface area (Å²) in [6, 6.07) is 0.563. The van der Waals surface area contributed by atoms with Gasteiger partial charge in [-0.15, -0.1) is 0 Å². The molecule has 98 valence electrons. The number of piperidine rings is 1. The predicted molar refractivity (Wildman–Crippen MR) is 71.3 cm³/mol. The minimum atomic E-state index is 0.0615. The van der Waals surface area contributed by atoms with Crippen molar-refractivity contribution in [3.63, 3.8) is 0 Å². The molecule has 2 fully saturated rings. The Morgan fingerprint density at radius 2 is 2.06 bits per heavy atom. The third kappa shape index (κ3) is 1.75. The second kappa shape index (κ2) is 4.43. The molecule has 0 saturated carbocycles. The SMILES string of the molecule is CNC(=O)N1CCC2(CC1)CNC1C=CC=CC12. The Kier molecular flexibility index (Phi) is 2.90. The van der Waals surface area contributed by atoms with Gasteiger partial charge in [-0.3, -0.25) is 0 Å². The summed E-state index contributed by atoms with van der Waals surface area (Å²) in [4.78, 5) is 13.6. The molecule has 2 atom stereocenters. The summed E-state index contributed by atoms with van der Waals surface area (Å²) in [5.74, 6) is 0.606. The normalized spacial score (nSPS) is 32.6. The predicted octanol–water partition coefficient (Wildman–Crippen LogP) is 1.12. The van der Waals surface area contributed by atoms with Gasteiger partial charge < -0.3 is 15.5 Å². The number of hydrogen-bond donors (Lipinski definition) is 2. The highest BCUT2D eigenvalue weighted by atomic mass is 16.2. The van der Waals surface area contributed by atoms with Crippen LogP contribution in [0.3, 0.4) is 0 Å². The Morgan fingerprint density at radius 3 is 2.78 bits per heavy atom. The standard InChI is InChI=1S/C14H21N3O/c1-15-13(18)17-8-6-14(7-9-17)10-16-12-5-3-2-4-11(12)14/h2-5,11-12,16H,6-10H2,1H3,(H,15,18). The first-order valence-corrected chi connectivity index (χ1v) is 6.80. The van der Waals surface area contributed by atoms with Crippen molar-refractivity contribution in [2.75, 3.05) is 26.7 Å². The molecule has 2 heterocycles. The smallest absolute Gasteiger partial charge is 0.317 e. The topological polar surface area (TPSA) is 44.4 Å². The molecule has 4 nitrogen and oxygen atoms in total. The van der Waals surface area contributed by atoms with Crippen molar-refractivity contribution >= 4 is 6.03 Å². The maximum absolute atomic E-state index is 11.6. The Hall–Kier alpha value is -1.29. The third-order valence-electron chi connectivity index (χ3n) is 4.79. The van der Waals surface area contributed by atoms with E-state index in [4.69, 9.17) is 0 Å². The van der Waals surface area contributed by atoms with Crippen LogP contribution in [0.15, 0.2) is 24.3 Å². The Bertz CT molecular complexity index is 394. The van der Waals surface area contributed by atoms with Crippen molar-refractivity contribution in [2.24, 2.45) is 11.3 Å². The van der Waals surface area contributed by atoms with E-state index in [1.807, 2.05) is 4.90 Å². The average molecular weight is 247 g/mol. The number of nitrogens with zero attached hydrogens (tertiary/aromatic N) is 1. The van der Waals surface area contributed by atoms with E-state index in [0.29, 0.717) is 17.4 Å². The number of likely N-dealkylation sites (tertiary alicyclic amines) is 1. The fourth-order valence-electron chi connectivity index (χ4n) is 3.65. The molecule has 2 N–H and O–H groups in total. The number of hydrogen-bond acceptors (Lipinski definition) is 2. The largest absolute Gasteiger partial charge is 0.341 e. The number of carbonyl (C=O) groups is 1. The van der Waals surface area contributed by atoms with Crippen LogP contribution >= 0.6 is 0 Å². The van der Waals surface area contributed by atoms with Crippen molar-refractivity contribution < 1.29 is 4.79 Å². The molecule has 1 spiro atoms. The molecule has 2 amide bonds. The van der Waals surface area contributed by atoms with Crippen molar-refractivity contribution in [1.82, 2.24) is 15.5 Å². The number of amides is 2. The minimum absolute atomic E-state index is 0.0615. The molecule has 4 heteroatoms. The minimum Gasteiger partial charge on any atom is -0.341 e. The summed E-state index contributed by atoms with van der Waals surface area (Å²) in [6.07, 6.45) is 11.1. The van der Waals surface area contributed by atoms with Gasteiger partial charge in [0.25, 0.3) is 0 Å². The monoisotopic (exact) mass is 247 g/mol. The molecular weight excluding hydrogens is 226 g/mol. The summed E-state index contributed by atoms with van der Waals surface area (Å²) in [5, 5.41) is 6.34. The Balaban J connectivity index is 1.70. The number of carbonyl (C=O) groups excluding carboxylic acids is 1. The molecule has 1 aliphatic carbocycles. The second-order valence-electron chi connectivity index (χ2n) is 5.61. The summed E-state index contributed by atoms with van der Waals surface area (Å²) < 4.78 is 0. The van der Waals surface area contributed by atoms with Crippen molar-refractivity contribution in [3.8, 4) is 0 Å². The molecule has 3 rings (SSSR count). The lowest BCUT2D eigenvalue weighted by Crippen LogP contribution is -2.48. The van der Waals surface area contributed by atoms with Crippen molar-refractivity contribution in [3.05, 3.63) is 24.3 Å². The number of rotatable bonds is 0. The number of nitrogens with one attached hydrogen (secondary N) is 2. The van der Waals surface area contributed by atoms with Gasteiger partial charge >= 0.3 is 6.03 Å². The molecule has 0 aromatic rings. The molecule has 18 heavy (non-hydrogen) atoms. The van der Waals surface area contributed by atoms with Gasteiger partial charge in [-0.05, 0) is 18.3 Å². The van der Waals surface area contributed by atoms with E-state index in [1.54, 1.807) is 7.05 Å². The van der Waals surface area contributed by atoms with E-state index < -0.39 is 0 Å². The molecule has 0 aromatic carbocycles. The summed E-state index contributed by atoms with van der Waals surface area (Å²) in [6.45, 7) is 2.84. The van der Waals surface area contributed by atoms with E-state index in [2.05, 4.69) is 34.9 Å². The van der Waals surface area contributed by atoms with E-state index in [0.717, 1.165) is 32.5 Å². The van der Waals surface area contributed by atoms with Gasteiger partial charge in [0.15, 0.2) is 0 Å². The quantitative estimate of drug-likeness (QED) is 0.674. The van der Waals surface area contributed by atoms with Gasteiger partial charge in [-0.25, -0.2) is 4.79 Å². The van der Waals surface area contributed by atoms with E-state index >= 15 is 0 Å². The molecule has 0 bridgehead atoms. The number of fused-ring (bicyclic) bond motifs is 2. The molecule has 2 saturated heterocycles. The summed E-state index contributed by atoms with van der Waals surface area (Å²) in [5.41, 5.74) is 0.358. The molecule has 2 unspecified atom stereocenters. The fourth-order valence-corrected chi connectivity index (χ4v) is 3.65. The molecule has 3 aliphatic rings. The molecular formula is C14H21N3O. The highest BCUT2D eigenvalue weighted by molar-refractivity contribution is 5.73. The molecule has 2 aliphatic heterocycles. The summed E-state index contributed by atoms with van der Waals surface area (Å²) >= 11 is 0. The zero-order valence-corrected chi connectivity index (χ0v) is 10.9. The zero-order valence-electron chi connectivity index (χ0n) is 10.9. The van der Waals surface area contributed by atoms with E-state index in [-0.39, 0.29) is 6.03 Å². The van der Waals surface area contributed by atoms with Crippen LogP contribution < -0.4 is 10.6 Å². The van der Waals surface area contributed by atoms with Crippen LogP contribution in [0.4, 0.5) is 4.79 Å². The second-order valence-corrected chi connectivity index (χ2v) is 5.61. The highest BCUT2D eigenvalue weighted by Crippen LogP contribution is 2.45. The Morgan fingerprint density at radius 1 is 1.33 bits per heavy atom. The fraction of sp³-hybridized carbons (Fsp3) is 0.643. The van der Waals surface area contributed by atoms with Gasteiger partial charge in [-0.2, -0.15) is 0 Å². The first kappa shape index (κ1) is 11.8. The van der Waals surface area contributed by atoms with Crippen LogP contribution in [0, 0.1) is 11.3 Å². The lowest BCUT2D eigenvalue weighted by molar-refractivity contribution is 0.108. The molecule has 0 radical (unpaired) electrons. The van der Waals surface area contributed by atoms with Gasteiger partial charge in [-0.1, -0.05) is 24.3 Å². The number of urea groups is 1. The Labute approximate surface area is 108 Å². The lowest BCUT2D eigenvalue weighted by Gasteiger charge is -2.42. The van der Waals surface area contributed by atoms with Crippen LogP contribution in [0.1, 0.15) is 12.8 Å². The van der Waals surface area contributed by atoms with Crippen molar-refractivity contribution in [1.29, 1.82) is 0 Å². The summed E-state index contributed by atoms with van der Waals surface area (Å²) in [7, 11) is 1.70. The molecule has 0 aromatic heterocycles. The highest BCUT2D eigenvalue weighted by Gasteiger charge is 2.48. The van der Waals surface area contributed by atoms with Crippen LogP contribution in [0.5, 0.6) is 0 Å².